The van der Waals surface area contributed by atoms with Crippen LogP contribution in [0.15, 0.2) is 41.7 Å². The number of carbonyl (C=O) groups excluding carboxylic acids is 1. The van der Waals surface area contributed by atoms with E-state index >= 15 is 0 Å². The van der Waals surface area contributed by atoms with Crippen molar-refractivity contribution in [1.82, 2.24) is 20.0 Å². The molecule has 4 N–H and O–H groups in total. The Morgan fingerprint density at radius 2 is 1.96 bits per heavy atom. The second kappa shape index (κ2) is 6.41. The Labute approximate surface area is 137 Å². The molecule has 0 unspecified atom stereocenters. The van der Waals surface area contributed by atoms with Crippen LogP contribution in [-0.4, -0.2) is 31.8 Å². The number of hydrogen-bond donors (Lipinski definition) is 2. The van der Waals surface area contributed by atoms with Gasteiger partial charge in [0.25, 0.3) is 5.91 Å². The Morgan fingerprint density at radius 1 is 1.22 bits per heavy atom. The first-order valence-corrected chi connectivity index (χ1v) is 6.47. The number of amides is 1. The van der Waals surface area contributed by atoms with Gasteiger partial charge in [0.05, 0.1) is 23.7 Å². The normalized spacial score (nSPS) is 10.1. The van der Waals surface area contributed by atoms with Gasteiger partial charge < -0.3 is 11.5 Å². The van der Waals surface area contributed by atoms with Gasteiger partial charge in [0.1, 0.15) is 0 Å². The number of hydrogen-bond acceptors (Lipinski definition) is 4. The predicted molar refractivity (Wildman–Crippen MR) is 88.8 cm³/mol. The number of nitrogens with zero attached hydrogens (tertiary/aromatic N) is 5. The minimum Gasteiger partial charge on any atom is -0.370 e. The van der Waals surface area contributed by atoms with Crippen LogP contribution in [0.3, 0.4) is 0 Å². The predicted octanol–water partition coefficient (Wildman–Crippen LogP) is 0.959. The molecule has 2 aromatic heterocycles. The molecule has 23 heavy (non-hydrogen) atoms. The quantitative estimate of drug-likeness (QED) is 0.532. The standard InChI is InChI=1S/C14H13N7O.ClH/c1-8-11(13(22)19-14(15)16)7-18-21(8)12-10-5-3-2-4-9(10)6-17-20-12;/h2-7H,1H3,(H4,15,16,19,22);1H. The molecule has 0 bridgehead atoms. The van der Waals surface area contributed by atoms with Gasteiger partial charge in [-0.25, -0.2) is 4.68 Å². The van der Waals surface area contributed by atoms with Crippen LogP contribution in [0.2, 0.25) is 0 Å². The van der Waals surface area contributed by atoms with E-state index in [1.54, 1.807) is 17.8 Å². The molecule has 0 spiro atoms. The average molecular weight is 332 g/mol. The molecular weight excluding hydrogens is 318 g/mol. The zero-order chi connectivity index (χ0) is 15.7. The van der Waals surface area contributed by atoms with Crippen LogP contribution in [0.5, 0.6) is 0 Å². The lowest BCUT2D eigenvalue weighted by atomic mass is 10.2. The van der Waals surface area contributed by atoms with Crippen LogP contribution >= 0.6 is 12.4 Å². The van der Waals surface area contributed by atoms with E-state index in [1.165, 1.54) is 6.20 Å². The molecule has 0 saturated heterocycles. The first-order valence-electron chi connectivity index (χ1n) is 6.47. The highest BCUT2D eigenvalue weighted by atomic mass is 35.5. The van der Waals surface area contributed by atoms with Crippen LogP contribution in [0, 0.1) is 6.92 Å². The van der Waals surface area contributed by atoms with Crippen LogP contribution in [0.4, 0.5) is 0 Å². The second-order valence-corrected chi connectivity index (χ2v) is 4.65. The first-order chi connectivity index (χ1) is 10.6. The number of nitrogens with two attached hydrogens (primary N) is 2. The van der Waals surface area contributed by atoms with Gasteiger partial charge in [-0.2, -0.15) is 15.2 Å². The van der Waals surface area contributed by atoms with E-state index in [-0.39, 0.29) is 18.4 Å². The van der Waals surface area contributed by atoms with Crippen molar-refractivity contribution in [2.45, 2.75) is 6.92 Å². The highest BCUT2D eigenvalue weighted by Gasteiger charge is 2.17. The molecule has 0 aliphatic carbocycles. The van der Waals surface area contributed by atoms with Gasteiger partial charge in [0.2, 0.25) is 0 Å². The van der Waals surface area contributed by atoms with E-state index in [2.05, 4.69) is 20.3 Å². The highest BCUT2D eigenvalue weighted by Crippen LogP contribution is 2.21. The number of benzene rings is 1. The molecule has 8 nitrogen and oxygen atoms in total. The monoisotopic (exact) mass is 331 g/mol. The van der Waals surface area contributed by atoms with Gasteiger partial charge in [-0.05, 0) is 6.92 Å². The lowest BCUT2D eigenvalue weighted by Crippen LogP contribution is -2.24. The zero-order valence-electron chi connectivity index (χ0n) is 12.2. The summed E-state index contributed by atoms with van der Waals surface area (Å²) in [6, 6.07) is 7.66. The number of carbonyl (C=O) groups is 1. The molecule has 0 aliphatic rings. The maximum absolute atomic E-state index is 11.9. The number of aliphatic imine (C=N–C) groups is 1. The smallest absolute Gasteiger partial charge is 0.283 e. The van der Waals surface area contributed by atoms with E-state index in [1.807, 2.05) is 24.3 Å². The summed E-state index contributed by atoms with van der Waals surface area (Å²) in [5, 5.41) is 14.1. The first kappa shape index (κ1) is 16.4. The summed E-state index contributed by atoms with van der Waals surface area (Å²) in [4.78, 5) is 15.5. The summed E-state index contributed by atoms with van der Waals surface area (Å²) in [5.74, 6) is -0.293. The van der Waals surface area contributed by atoms with E-state index in [0.717, 1.165) is 10.8 Å². The van der Waals surface area contributed by atoms with Crippen LogP contribution in [0.25, 0.3) is 16.6 Å². The molecule has 0 fully saturated rings. The largest absolute Gasteiger partial charge is 0.370 e. The van der Waals surface area contributed by atoms with Crippen molar-refractivity contribution in [2.75, 3.05) is 0 Å². The number of halogens is 1. The van der Waals surface area contributed by atoms with Crippen molar-refractivity contribution < 1.29 is 4.79 Å². The Balaban J connectivity index is 0.00000192. The van der Waals surface area contributed by atoms with Crippen LogP contribution in [0.1, 0.15) is 16.1 Å². The summed E-state index contributed by atoms with van der Waals surface area (Å²) in [7, 11) is 0. The van der Waals surface area contributed by atoms with E-state index in [9.17, 15) is 4.79 Å². The Kier molecular flexibility index (Phi) is 4.56. The van der Waals surface area contributed by atoms with Crippen molar-refractivity contribution in [3.63, 3.8) is 0 Å². The number of aromatic nitrogens is 4. The summed E-state index contributed by atoms with van der Waals surface area (Å²) in [6.45, 7) is 1.74. The van der Waals surface area contributed by atoms with Gasteiger partial charge >= 0.3 is 0 Å². The summed E-state index contributed by atoms with van der Waals surface area (Å²) in [6.07, 6.45) is 3.08. The third kappa shape index (κ3) is 2.97. The summed E-state index contributed by atoms with van der Waals surface area (Å²) < 4.78 is 1.55. The maximum atomic E-state index is 11.9. The number of rotatable bonds is 2. The van der Waals surface area contributed by atoms with Crippen molar-refractivity contribution in [3.05, 3.63) is 47.9 Å². The number of fused-ring (bicyclic) bond motifs is 1. The third-order valence-corrected chi connectivity index (χ3v) is 3.22. The minimum absolute atomic E-state index is 0. The molecule has 3 aromatic rings. The average Bonchev–Trinajstić information content (AvgIpc) is 2.87. The topological polar surface area (TPSA) is 125 Å². The number of guanidine groups is 1. The molecule has 3 rings (SSSR count). The zero-order valence-corrected chi connectivity index (χ0v) is 13.0. The minimum atomic E-state index is -0.544. The van der Waals surface area contributed by atoms with E-state index in [0.29, 0.717) is 17.1 Å². The lowest BCUT2D eigenvalue weighted by Gasteiger charge is -2.06. The molecule has 1 amide bonds. The molecule has 118 valence electrons. The van der Waals surface area contributed by atoms with Gasteiger partial charge in [-0.3, -0.25) is 4.79 Å². The van der Waals surface area contributed by atoms with Gasteiger partial charge in [0.15, 0.2) is 11.8 Å². The molecule has 9 heteroatoms. The van der Waals surface area contributed by atoms with Gasteiger partial charge in [0, 0.05) is 10.8 Å². The molecule has 0 saturated carbocycles. The van der Waals surface area contributed by atoms with E-state index in [4.69, 9.17) is 11.5 Å². The SMILES string of the molecule is Cc1c(C(=O)N=C(N)N)cnn1-c1nncc2ccccc12.Cl. The fraction of sp³-hybridized carbons (Fsp3) is 0.0714. The summed E-state index contributed by atoms with van der Waals surface area (Å²) in [5.41, 5.74) is 11.4. The highest BCUT2D eigenvalue weighted by molar-refractivity contribution is 6.02. The Morgan fingerprint density at radius 3 is 2.70 bits per heavy atom. The van der Waals surface area contributed by atoms with Gasteiger partial charge in [-0.1, -0.05) is 24.3 Å². The molecule has 2 heterocycles. The molecule has 0 aliphatic heterocycles. The fourth-order valence-electron chi connectivity index (χ4n) is 2.18. The Bertz CT molecular complexity index is 894. The van der Waals surface area contributed by atoms with Crippen LogP contribution < -0.4 is 11.5 Å². The molecular formula is C14H14ClN7O. The second-order valence-electron chi connectivity index (χ2n) is 4.65. The van der Waals surface area contributed by atoms with Gasteiger partial charge in [-0.15, -0.1) is 17.5 Å². The van der Waals surface area contributed by atoms with Crippen molar-refractivity contribution in [2.24, 2.45) is 16.5 Å². The summed E-state index contributed by atoms with van der Waals surface area (Å²) >= 11 is 0. The fourth-order valence-corrected chi connectivity index (χ4v) is 2.18. The maximum Gasteiger partial charge on any atom is 0.283 e. The van der Waals surface area contributed by atoms with E-state index < -0.39 is 5.91 Å². The third-order valence-electron chi connectivity index (χ3n) is 3.22. The van der Waals surface area contributed by atoms with Crippen molar-refractivity contribution in [1.29, 1.82) is 0 Å². The van der Waals surface area contributed by atoms with Crippen LogP contribution in [-0.2, 0) is 0 Å². The molecule has 0 radical (unpaired) electrons. The molecule has 0 atom stereocenters. The van der Waals surface area contributed by atoms with Crippen molar-refractivity contribution >= 4 is 35.0 Å². The van der Waals surface area contributed by atoms with Crippen molar-refractivity contribution in [3.8, 4) is 5.82 Å². The Hall–Kier alpha value is -3.00. The lowest BCUT2D eigenvalue weighted by molar-refractivity contribution is 0.100. The molecule has 1 aromatic carbocycles.